The molecule has 0 bridgehead atoms. The number of hydrogen-bond acceptors (Lipinski definition) is 4. The Morgan fingerprint density at radius 1 is 1.29 bits per heavy atom. The molecule has 5 nitrogen and oxygen atoms in total. The number of aliphatic carboxylic acids is 1. The van der Waals surface area contributed by atoms with E-state index in [1.54, 1.807) is 30.3 Å². The fourth-order valence-electron chi connectivity index (χ4n) is 2.95. The summed E-state index contributed by atoms with van der Waals surface area (Å²) in [5.41, 5.74) is 0. The summed E-state index contributed by atoms with van der Waals surface area (Å²) in [6.07, 6.45) is 1.34. The summed E-state index contributed by atoms with van der Waals surface area (Å²) in [7, 11) is -3.49. The van der Waals surface area contributed by atoms with Crippen LogP contribution in [0.4, 0.5) is 0 Å². The van der Waals surface area contributed by atoms with Gasteiger partial charge in [-0.1, -0.05) is 31.5 Å². The van der Waals surface area contributed by atoms with Gasteiger partial charge in [0.1, 0.15) is 0 Å². The van der Waals surface area contributed by atoms with Crippen LogP contribution < -0.4 is 5.11 Å². The quantitative estimate of drug-likeness (QED) is 0.808. The number of hydrogen-bond donors (Lipinski definition) is 0. The summed E-state index contributed by atoms with van der Waals surface area (Å²) in [6, 6.07) is 8.35. The number of carbonyl (C=O) groups excluding carboxylic acids is 1. The van der Waals surface area contributed by atoms with Crippen LogP contribution in [0.1, 0.15) is 26.2 Å². The zero-order chi connectivity index (χ0) is 15.5. The lowest BCUT2D eigenvalue weighted by Gasteiger charge is -2.37. The Morgan fingerprint density at radius 2 is 1.95 bits per heavy atom. The zero-order valence-electron chi connectivity index (χ0n) is 12.1. The van der Waals surface area contributed by atoms with Crippen LogP contribution in [0.5, 0.6) is 0 Å². The van der Waals surface area contributed by atoms with Gasteiger partial charge in [0.25, 0.3) is 0 Å². The third-order valence-electron chi connectivity index (χ3n) is 4.19. The highest BCUT2D eigenvalue weighted by Gasteiger charge is 2.34. The second-order valence-electron chi connectivity index (χ2n) is 5.47. The van der Waals surface area contributed by atoms with Crippen molar-refractivity contribution >= 4 is 16.0 Å². The monoisotopic (exact) mass is 310 g/mol. The maximum Gasteiger partial charge on any atom is 0.243 e. The van der Waals surface area contributed by atoms with E-state index >= 15 is 0 Å². The second-order valence-corrected chi connectivity index (χ2v) is 7.41. The molecule has 1 heterocycles. The van der Waals surface area contributed by atoms with E-state index in [9.17, 15) is 18.3 Å². The molecule has 0 unspecified atom stereocenters. The Balaban J connectivity index is 2.15. The first-order valence-electron chi connectivity index (χ1n) is 7.20. The number of rotatable bonds is 5. The van der Waals surface area contributed by atoms with Crippen molar-refractivity contribution in [3.05, 3.63) is 30.3 Å². The van der Waals surface area contributed by atoms with E-state index in [2.05, 4.69) is 0 Å². The molecule has 6 heteroatoms. The lowest BCUT2D eigenvalue weighted by molar-refractivity contribution is -0.307. The van der Waals surface area contributed by atoms with Gasteiger partial charge in [-0.2, -0.15) is 4.31 Å². The third kappa shape index (κ3) is 3.63. The van der Waals surface area contributed by atoms with Crippen molar-refractivity contribution in [1.29, 1.82) is 0 Å². The van der Waals surface area contributed by atoms with Crippen LogP contribution in [0.25, 0.3) is 0 Å². The van der Waals surface area contributed by atoms with Gasteiger partial charge in [-0.25, -0.2) is 8.42 Å². The summed E-state index contributed by atoms with van der Waals surface area (Å²) >= 11 is 0. The van der Waals surface area contributed by atoms with Gasteiger partial charge < -0.3 is 9.90 Å². The molecular formula is C15H20NO4S-. The standard InChI is InChI=1S/C15H21NO4S/c1-2-12-11-16(9-8-13(12)10-15(17)18)21(19,20)14-6-4-3-5-7-14/h3-7,12-13H,2,8-11H2,1H3,(H,17,18)/p-1/t12-,13-/m0/s1. The van der Waals surface area contributed by atoms with Crippen molar-refractivity contribution < 1.29 is 18.3 Å². The molecule has 116 valence electrons. The summed E-state index contributed by atoms with van der Waals surface area (Å²) in [4.78, 5) is 11.1. The maximum absolute atomic E-state index is 12.6. The first-order chi connectivity index (χ1) is 9.95. The molecular weight excluding hydrogens is 290 g/mol. The number of sulfonamides is 1. The number of nitrogens with zero attached hydrogens (tertiary/aromatic N) is 1. The molecule has 0 N–H and O–H groups in total. The van der Waals surface area contributed by atoms with Crippen molar-refractivity contribution in [2.45, 2.75) is 31.1 Å². The molecule has 1 aromatic rings. The Morgan fingerprint density at radius 3 is 2.52 bits per heavy atom. The van der Waals surface area contributed by atoms with E-state index in [1.807, 2.05) is 6.92 Å². The van der Waals surface area contributed by atoms with Crippen LogP contribution in [-0.2, 0) is 14.8 Å². The van der Waals surface area contributed by atoms with E-state index in [-0.39, 0.29) is 18.3 Å². The van der Waals surface area contributed by atoms with Crippen molar-refractivity contribution in [3.8, 4) is 0 Å². The lowest BCUT2D eigenvalue weighted by atomic mass is 9.82. The third-order valence-corrected chi connectivity index (χ3v) is 6.07. The van der Waals surface area contributed by atoms with Crippen molar-refractivity contribution in [2.24, 2.45) is 11.8 Å². The first kappa shape index (κ1) is 16.0. The fraction of sp³-hybridized carbons (Fsp3) is 0.533. The topological polar surface area (TPSA) is 77.5 Å². The number of piperidine rings is 1. The van der Waals surface area contributed by atoms with Gasteiger partial charge in [0.15, 0.2) is 0 Å². The van der Waals surface area contributed by atoms with E-state index in [4.69, 9.17) is 0 Å². The second kappa shape index (κ2) is 6.58. The average molecular weight is 310 g/mol. The summed E-state index contributed by atoms with van der Waals surface area (Å²) in [5.74, 6) is -0.991. The summed E-state index contributed by atoms with van der Waals surface area (Å²) in [5, 5.41) is 10.8. The molecule has 0 saturated carbocycles. The summed E-state index contributed by atoms with van der Waals surface area (Å²) in [6.45, 7) is 2.71. The molecule has 0 aromatic heterocycles. The molecule has 2 rings (SSSR count). The molecule has 1 fully saturated rings. The molecule has 1 aromatic carbocycles. The number of carboxylic acids is 1. The Bertz CT molecular complexity index is 585. The average Bonchev–Trinajstić information content (AvgIpc) is 2.47. The SMILES string of the molecule is CC[C@H]1CN(S(=O)(=O)c2ccccc2)CC[C@H]1CC(=O)[O-]. The highest BCUT2D eigenvalue weighted by atomic mass is 32.2. The predicted octanol–water partition coefficient (Wildman–Crippen LogP) is 0.863. The van der Waals surface area contributed by atoms with Crippen molar-refractivity contribution in [3.63, 3.8) is 0 Å². The number of carboxylic acid groups (broad SMARTS) is 1. The molecule has 0 aliphatic carbocycles. The largest absolute Gasteiger partial charge is 0.550 e. The number of benzene rings is 1. The highest BCUT2D eigenvalue weighted by molar-refractivity contribution is 7.89. The van der Waals surface area contributed by atoms with Crippen LogP contribution in [0.3, 0.4) is 0 Å². The normalized spacial score (nSPS) is 23.9. The predicted molar refractivity (Wildman–Crippen MR) is 76.7 cm³/mol. The van der Waals surface area contributed by atoms with Gasteiger partial charge in [-0.15, -0.1) is 0 Å². The van der Waals surface area contributed by atoms with Crippen molar-refractivity contribution in [1.82, 2.24) is 4.31 Å². The minimum Gasteiger partial charge on any atom is -0.550 e. The number of carbonyl (C=O) groups is 1. The van der Waals surface area contributed by atoms with Crippen LogP contribution in [0, 0.1) is 11.8 Å². The van der Waals surface area contributed by atoms with E-state index in [1.165, 1.54) is 4.31 Å². The summed E-state index contributed by atoms with van der Waals surface area (Å²) < 4.78 is 26.6. The van der Waals surface area contributed by atoms with Crippen LogP contribution in [-0.4, -0.2) is 31.8 Å². The van der Waals surface area contributed by atoms with Crippen LogP contribution in [0.15, 0.2) is 35.2 Å². The maximum atomic E-state index is 12.6. The molecule has 2 atom stereocenters. The molecule has 0 spiro atoms. The van der Waals surface area contributed by atoms with Crippen molar-refractivity contribution in [2.75, 3.05) is 13.1 Å². The minimum atomic E-state index is -3.49. The lowest BCUT2D eigenvalue weighted by Crippen LogP contribution is -2.44. The van der Waals surface area contributed by atoms with Gasteiger partial charge in [0.2, 0.25) is 10.0 Å². The van der Waals surface area contributed by atoms with Gasteiger partial charge in [-0.05, 0) is 36.8 Å². The minimum absolute atomic E-state index is 0.00206. The van der Waals surface area contributed by atoms with Crippen LogP contribution in [0.2, 0.25) is 0 Å². The first-order valence-corrected chi connectivity index (χ1v) is 8.64. The van der Waals surface area contributed by atoms with E-state index < -0.39 is 16.0 Å². The van der Waals surface area contributed by atoms with Gasteiger partial charge in [-0.3, -0.25) is 0 Å². The van der Waals surface area contributed by atoms with Gasteiger partial charge >= 0.3 is 0 Å². The molecule has 21 heavy (non-hydrogen) atoms. The zero-order valence-corrected chi connectivity index (χ0v) is 12.9. The van der Waals surface area contributed by atoms with E-state index in [0.717, 1.165) is 6.42 Å². The Labute approximate surface area is 125 Å². The highest BCUT2D eigenvalue weighted by Crippen LogP contribution is 2.31. The Kier molecular flexibility index (Phi) is 5.00. The molecule has 1 aliphatic heterocycles. The molecule has 0 amide bonds. The molecule has 1 saturated heterocycles. The van der Waals surface area contributed by atoms with Gasteiger partial charge in [0.05, 0.1) is 4.90 Å². The smallest absolute Gasteiger partial charge is 0.243 e. The Hall–Kier alpha value is -1.40. The van der Waals surface area contributed by atoms with Crippen LogP contribution >= 0.6 is 0 Å². The molecule has 1 aliphatic rings. The van der Waals surface area contributed by atoms with Gasteiger partial charge in [0, 0.05) is 19.1 Å². The molecule has 0 radical (unpaired) electrons. The fourth-order valence-corrected chi connectivity index (χ4v) is 4.49. The van der Waals surface area contributed by atoms with E-state index in [0.29, 0.717) is 24.4 Å².